The number of hydrogen-bond acceptors (Lipinski definition) is 30. The predicted molar refractivity (Wildman–Crippen MR) is 398 cm³/mol. The van der Waals surface area contributed by atoms with Crippen LogP contribution in [-0.2, 0) is 14.2 Å². The number of rotatable bonds is 30. The molecule has 6 aliphatic rings. The predicted octanol–water partition coefficient (Wildman–Crippen LogP) is 6.55. The molecule has 0 amide bonds. The average Bonchev–Trinajstić information content (AvgIpc) is 1.49. The molecule has 36 heteroatoms. The van der Waals surface area contributed by atoms with E-state index < -0.39 is 137 Å². The highest BCUT2D eigenvalue weighted by Gasteiger charge is 2.49. The molecule has 108 heavy (non-hydrogen) atoms. The van der Waals surface area contributed by atoms with Gasteiger partial charge in [0.2, 0.25) is 0 Å². The number of aliphatic hydroxyl groups excluding tert-OH is 2. The number of anilines is 3. The van der Waals surface area contributed by atoms with Gasteiger partial charge in [0.15, 0.2) is 66.4 Å². The Kier molecular flexibility index (Phi) is 17.9. The number of fused-ring (bicyclic) bond motifs is 3. The highest BCUT2D eigenvalue weighted by atomic mass is 32.2. The minimum absolute atomic E-state index is 0.0392. The van der Waals surface area contributed by atoms with Gasteiger partial charge in [-0.1, -0.05) is 108 Å². The summed E-state index contributed by atoms with van der Waals surface area (Å²) in [5, 5.41) is 128. The molecule has 0 radical (unpaired) electrons. The summed E-state index contributed by atoms with van der Waals surface area (Å²) < 4.78 is 244. The van der Waals surface area contributed by atoms with Crippen molar-refractivity contribution in [3.8, 4) is 0 Å². The normalized spacial score (nSPS) is 40.4. The lowest BCUT2D eigenvalue weighted by atomic mass is 10.1. The number of halogens is 3. The van der Waals surface area contributed by atoms with Crippen molar-refractivity contribution in [2.24, 2.45) is 0 Å². The molecule has 0 unspecified atom stereocenters. The van der Waals surface area contributed by atoms with E-state index in [4.69, 9.17) is 44.4 Å². The van der Waals surface area contributed by atoms with Gasteiger partial charge in [0.05, 0.1) is 97.8 Å². The molecule has 6 aromatic heterocycles. The van der Waals surface area contributed by atoms with Crippen molar-refractivity contribution < 1.29 is 103 Å². The Balaban J connectivity index is 0.000000166. The smallest absolute Gasteiger partial charge is 0.191 e. The zero-order chi connectivity index (χ0) is 96.2. The number of hydrogen-bond donors (Lipinski definition) is 12. The minimum atomic E-state index is -4.02. The van der Waals surface area contributed by atoms with Crippen molar-refractivity contribution in [3.63, 3.8) is 0 Å². The second-order valence-electron chi connectivity index (χ2n) is 25.4. The number of nitrogens with zero attached hydrogens (tertiary/aromatic N) is 15. The topological polar surface area (TPSA) is 415 Å². The van der Waals surface area contributed by atoms with E-state index in [2.05, 4.69) is 76.8 Å². The van der Waals surface area contributed by atoms with Gasteiger partial charge in [-0.25, -0.2) is 57.1 Å². The zero-order valence-electron chi connectivity index (χ0n) is 80.7. The third kappa shape index (κ3) is 17.5. The van der Waals surface area contributed by atoms with Crippen molar-refractivity contribution in [1.82, 2.24) is 74.9 Å². The van der Waals surface area contributed by atoms with E-state index in [-0.39, 0.29) is 114 Å². The first-order valence-electron chi connectivity index (χ1n) is 45.3. The van der Waals surface area contributed by atoms with Crippen LogP contribution in [0.1, 0.15) is 178 Å². The molecule has 9 aromatic rings. The highest BCUT2D eigenvalue weighted by molar-refractivity contribution is 7.99. The molecule has 6 aliphatic carbocycles. The van der Waals surface area contributed by atoms with Gasteiger partial charge < -0.3 is 76.1 Å². The number of nitrogens with one attached hydrogen (secondary N) is 3. The number of aryl methyl sites for hydroxylation is 3. The Morgan fingerprint density at radius 2 is 0.796 bits per heavy atom. The second-order valence-corrected chi connectivity index (χ2v) is 28.5. The summed E-state index contributed by atoms with van der Waals surface area (Å²) in [5.41, 5.74) is 2.48. The lowest BCUT2D eigenvalue weighted by Gasteiger charge is -2.17. The summed E-state index contributed by atoms with van der Waals surface area (Å²) in [5.74, 6) is 0.860. The van der Waals surface area contributed by atoms with Crippen LogP contribution in [0, 0.1) is 38.2 Å². The van der Waals surface area contributed by atoms with Crippen LogP contribution in [0.4, 0.5) is 30.6 Å². The van der Waals surface area contributed by atoms with Crippen molar-refractivity contribution >= 4 is 86.2 Å². The van der Waals surface area contributed by atoms with E-state index in [0.29, 0.717) is 73.7 Å². The molecule has 0 saturated heterocycles. The summed E-state index contributed by atoms with van der Waals surface area (Å²) in [6.07, 6.45) is -41.2. The molecular formula is C72H93F3N18O12S3. The van der Waals surface area contributed by atoms with Crippen LogP contribution in [0.25, 0.3) is 33.5 Å². The fourth-order valence-electron chi connectivity index (χ4n) is 11.6. The van der Waals surface area contributed by atoms with Crippen LogP contribution in [0.5, 0.6) is 0 Å². The number of thioether (sulfide) groups is 3. The van der Waals surface area contributed by atoms with Gasteiger partial charge in [0.25, 0.3) is 0 Å². The summed E-state index contributed by atoms with van der Waals surface area (Å²) >= 11 is 3.63. The minimum Gasteiger partial charge on any atom is -0.394 e. The molecule has 0 aliphatic heterocycles. The Morgan fingerprint density at radius 1 is 0.472 bits per heavy atom. The van der Waals surface area contributed by atoms with Crippen LogP contribution in [0.3, 0.4) is 0 Å². The number of aliphatic hydroxyl groups is 9. The summed E-state index contributed by atoms with van der Waals surface area (Å²) in [6, 6.07) is 3.74. The Labute approximate surface area is 664 Å². The first-order chi connectivity index (χ1) is 60.1. The van der Waals surface area contributed by atoms with Crippen LogP contribution in [-0.4, -0.2) is 250 Å². The Bertz CT molecular complexity index is 5800. The SMILES string of the molecule is [2H]C([2H])(CO)O[C@@]1([2H])C([2H])([2H])[C@@]([2H])(n2nnc3c(N[C@@H]4C[C@H]4c4ccc(C)c(F)c4)nc(SCCC)nc32)[C@]([2H])(O)[C@]1([2H])O.[2H]C([2H])(O)CO[C@@]1([2H])C([2H])([2H])[C@@]([2H])(n2nnc3c(N[C@@H]4C[C@H]4c4ccc(C)c(F)c4)nc(SCCC)nc32)[C@]([2H])(O)[C@]1([2H])O.[2H]C1([2H])[C@]([2H])(OCCO)[C@@]([2H])(O)[C@@]([2H])(O)[C@]1([2H])n1nnc2c(N[C@@H]3C[C@H]3c3ccc(C)c(F)c3)nc(SCCC)nc21. The van der Waals surface area contributed by atoms with E-state index in [1.54, 1.807) is 39.0 Å². The Hall–Kier alpha value is -7.14. The maximum Gasteiger partial charge on any atom is 0.191 e. The first-order valence-corrected chi connectivity index (χ1v) is 37.2. The molecule has 12 N–H and O–H groups in total. The highest BCUT2D eigenvalue weighted by Crippen LogP contribution is 2.48. The van der Waals surface area contributed by atoms with E-state index in [1.807, 2.05) is 39.0 Å². The van der Waals surface area contributed by atoms with Crippen molar-refractivity contribution in [1.29, 1.82) is 0 Å². The lowest BCUT2D eigenvalue weighted by molar-refractivity contribution is -0.0629. The molecule has 6 fully saturated rings. The fourth-order valence-corrected chi connectivity index (χ4v) is 13.6. The molecule has 0 spiro atoms. The quantitative estimate of drug-likeness (QED) is 0.0168. The monoisotopic (exact) mass is 1580 g/mol. The number of ether oxygens (including phenoxy) is 3. The van der Waals surface area contributed by atoms with Gasteiger partial charge in [0, 0.05) is 80.5 Å². The van der Waals surface area contributed by atoms with Gasteiger partial charge in [-0.3, -0.25) is 0 Å². The van der Waals surface area contributed by atoms with Gasteiger partial charge in [0.1, 0.15) is 53.9 Å². The first kappa shape index (κ1) is 55.3. The van der Waals surface area contributed by atoms with Crippen molar-refractivity contribution in [2.45, 2.75) is 223 Å². The molecule has 3 aromatic carbocycles. The van der Waals surface area contributed by atoms with Crippen molar-refractivity contribution in [3.05, 3.63) is 105 Å². The maximum atomic E-state index is 14.2. The van der Waals surface area contributed by atoms with Gasteiger partial charge in [-0.05, 0) is 111 Å². The average molecular weight is 1580 g/mol. The fraction of sp³-hybridized carbons (Fsp3) is 0.583. The molecule has 0 bridgehead atoms. The van der Waals surface area contributed by atoms with Crippen LogP contribution in [0.2, 0.25) is 0 Å². The third-order valence-electron chi connectivity index (χ3n) is 17.5. The molecule has 30 nitrogen and oxygen atoms in total. The number of aromatic nitrogens is 15. The zero-order valence-corrected chi connectivity index (χ0v) is 61.1. The number of benzene rings is 3. The van der Waals surface area contributed by atoms with Crippen LogP contribution < -0.4 is 16.0 Å². The molecular weight excluding hydrogens is 1460 g/mol. The van der Waals surface area contributed by atoms with Crippen LogP contribution in [0.15, 0.2) is 70.1 Å². The summed E-state index contributed by atoms with van der Waals surface area (Å²) in [6.45, 7) is 0.0384. The molecule has 6 heterocycles. The molecule has 6 saturated carbocycles. The second kappa shape index (κ2) is 35.1. The molecule has 582 valence electrons. The van der Waals surface area contributed by atoms with E-state index >= 15 is 0 Å². The standard InChI is InChI=1S/3C24H31FN6O4S/c3*1-3-8-36-24-27-22(26-16-10-14(16)13-5-4-12(2)15(25)9-13)19-23(28-24)31(30-29-19)17-11-18(35-7-6-32)21(34)20(17)33/h3*4-5,9,14,16-18,20-21,32-34H,3,6-8,10-11H2,1-2H3,(H,26,27,28)/t3*14-,16+,17+,18-,20-,21+/m000/s1/i7D2,11D2,17D,18D,20D,21D;6D2,11D2,17D,18D,20D,21D;11D2,17D,18D,20D,21D. The maximum absolute atomic E-state index is 14.2. The van der Waals surface area contributed by atoms with Crippen LogP contribution >= 0.6 is 35.3 Å². The molecule has 18 atom stereocenters. The van der Waals surface area contributed by atoms with Gasteiger partial charge in [-0.15, -0.1) is 15.3 Å². The van der Waals surface area contributed by atoms with Gasteiger partial charge in [-0.2, -0.15) is 0 Å². The summed E-state index contributed by atoms with van der Waals surface area (Å²) in [4.78, 5) is 26.5. The molecule has 15 rings (SSSR count). The summed E-state index contributed by atoms with van der Waals surface area (Å²) in [7, 11) is 0. The Morgan fingerprint density at radius 3 is 1.09 bits per heavy atom. The third-order valence-corrected chi connectivity index (χ3v) is 20.7. The lowest BCUT2D eigenvalue weighted by Crippen LogP contribution is -2.33. The van der Waals surface area contributed by atoms with E-state index in [9.17, 15) is 59.1 Å². The van der Waals surface area contributed by atoms with Crippen molar-refractivity contribution in [2.75, 3.05) is 72.8 Å². The van der Waals surface area contributed by atoms with E-state index in [0.717, 1.165) is 29.5 Å². The largest absolute Gasteiger partial charge is 0.394 e. The van der Waals surface area contributed by atoms with Gasteiger partial charge >= 0.3 is 0 Å². The van der Waals surface area contributed by atoms with E-state index in [1.165, 1.54) is 53.5 Å².